The maximum absolute atomic E-state index is 12.2. The summed E-state index contributed by atoms with van der Waals surface area (Å²) in [7, 11) is 0. The van der Waals surface area contributed by atoms with E-state index in [1.54, 1.807) is 0 Å². The molecule has 0 spiro atoms. The minimum Gasteiger partial charge on any atom is -0.373 e. The van der Waals surface area contributed by atoms with Crippen molar-refractivity contribution >= 4 is 27.5 Å². The summed E-state index contributed by atoms with van der Waals surface area (Å²) in [5.41, 5.74) is 3.13. The van der Waals surface area contributed by atoms with Crippen molar-refractivity contribution in [1.82, 2.24) is 5.32 Å². The number of rotatable bonds is 5. The van der Waals surface area contributed by atoms with Gasteiger partial charge in [0, 0.05) is 10.0 Å². The number of hydrogen-bond acceptors (Lipinski definition) is 2. The lowest BCUT2D eigenvalue weighted by Gasteiger charge is -2.27. The summed E-state index contributed by atoms with van der Waals surface area (Å²) in [5, 5.41) is 6.35. The predicted octanol–water partition coefficient (Wildman–Crippen LogP) is 4.17. The highest BCUT2D eigenvalue weighted by Crippen LogP contribution is 2.28. The predicted molar refractivity (Wildman–Crippen MR) is 89.2 cm³/mol. The smallest absolute Gasteiger partial charge is 0.242 e. The van der Waals surface area contributed by atoms with E-state index in [0.29, 0.717) is 0 Å². The number of benzene rings is 1. The lowest BCUT2D eigenvalue weighted by molar-refractivity contribution is -0.123. The molecule has 0 radical (unpaired) electrons. The Morgan fingerprint density at radius 2 is 1.95 bits per heavy atom. The number of hydrogen-bond donors (Lipinski definition) is 2. The van der Waals surface area contributed by atoms with Crippen LogP contribution < -0.4 is 10.6 Å². The zero-order valence-electron chi connectivity index (χ0n) is 13.2. The van der Waals surface area contributed by atoms with Gasteiger partial charge >= 0.3 is 0 Å². The summed E-state index contributed by atoms with van der Waals surface area (Å²) in [5.74, 6) is 0.0173. The molecule has 0 saturated heterocycles. The van der Waals surface area contributed by atoms with Gasteiger partial charge in [0.15, 0.2) is 0 Å². The average molecular weight is 341 g/mol. The Morgan fingerprint density at radius 1 is 1.35 bits per heavy atom. The number of carbonyl (C=O) groups is 1. The first kappa shape index (κ1) is 17.0. The molecular weight excluding hydrogens is 316 g/mol. The van der Waals surface area contributed by atoms with Crippen molar-refractivity contribution in [3.05, 3.63) is 27.7 Å². The lowest BCUT2D eigenvalue weighted by Crippen LogP contribution is -2.48. The molecular formula is C16H25BrN2O. The monoisotopic (exact) mass is 340 g/mol. The van der Waals surface area contributed by atoms with Gasteiger partial charge in [-0.15, -0.1) is 0 Å². The van der Waals surface area contributed by atoms with Crippen molar-refractivity contribution in [2.75, 3.05) is 5.32 Å². The third-order valence-corrected chi connectivity index (χ3v) is 4.16. The van der Waals surface area contributed by atoms with Gasteiger partial charge in [0.2, 0.25) is 5.91 Å². The Labute approximate surface area is 130 Å². The first-order valence-electron chi connectivity index (χ1n) is 7.01. The van der Waals surface area contributed by atoms with Crippen molar-refractivity contribution in [1.29, 1.82) is 0 Å². The van der Waals surface area contributed by atoms with Crippen LogP contribution >= 0.6 is 15.9 Å². The van der Waals surface area contributed by atoms with Gasteiger partial charge in [-0.3, -0.25) is 4.79 Å². The fourth-order valence-electron chi connectivity index (χ4n) is 1.91. The Bertz CT molecular complexity index is 474. The maximum atomic E-state index is 12.2. The van der Waals surface area contributed by atoms with E-state index in [0.717, 1.165) is 22.1 Å². The van der Waals surface area contributed by atoms with E-state index in [9.17, 15) is 4.79 Å². The number of aryl methyl sites for hydroxylation is 2. The number of amides is 1. The van der Waals surface area contributed by atoms with E-state index in [2.05, 4.69) is 52.5 Å². The number of anilines is 1. The molecule has 0 aliphatic carbocycles. The molecule has 1 unspecified atom stereocenters. The molecule has 2 N–H and O–H groups in total. The van der Waals surface area contributed by atoms with Gasteiger partial charge in [-0.25, -0.2) is 0 Å². The SMILES string of the molecule is CCC(C)(C)NC(=O)C(C)Nc1c(C)cc(C)cc1Br. The van der Waals surface area contributed by atoms with E-state index in [4.69, 9.17) is 0 Å². The van der Waals surface area contributed by atoms with Gasteiger partial charge in [-0.2, -0.15) is 0 Å². The quantitative estimate of drug-likeness (QED) is 0.844. The van der Waals surface area contributed by atoms with Gasteiger partial charge in [-0.1, -0.05) is 13.0 Å². The fourth-order valence-corrected chi connectivity index (χ4v) is 2.70. The molecule has 1 atom stereocenters. The van der Waals surface area contributed by atoms with Crippen LogP contribution in [0, 0.1) is 13.8 Å². The van der Waals surface area contributed by atoms with Crippen molar-refractivity contribution in [2.45, 2.75) is 59.5 Å². The molecule has 0 aliphatic rings. The first-order valence-corrected chi connectivity index (χ1v) is 7.81. The molecule has 1 rings (SSSR count). The molecule has 0 bridgehead atoms. The van der Waals surface area contributed by atoms with Crippen molar-refractivity contribution in [3.63, 3.8) is 0 Å². The molecule has 1 aromatic rings. The van der Waals surface area contributed by atoms with Crippen LogP contribution in [-0.2, 0) is 4.79 Å². The normalized spacial score (nSPS) is 12.9. The van der Waals surface area contributed by atoms with Gasteiger partial charge in [0.1, 0.15) is 6.04 Å². The molecule has 112 valence electrons. The summed E-state index contributed by atoms with van der Waals surface area (Å²) >= 11 is 3.56. The third kappa shape index (κ3) is 4.51. The first-order chi connectivity index (χ1) is 9.16. The van der Waals surface area contributed by atoms with Gasteiger partial charge in [0.25, 0.3) is 0 Å². The zero-order chi connectivity index (χ0) is 15.5. The van der Waals surface area contributed by atoms with Crippen molar-refractivity contribution < 1.29 is 4.79 Å². The molecule has 1 amide bonds. The molecule has 0 aliphatic heterocycles. The van der Waals surface area contributed by atoms with E-state index in [-0.39, 0.29) is 17.5 Å². The molecule has 3 nitrogen and oxygen atoms in total. The fraction of sp³-hybridized carbons (Fsp3) is 0.562. The Balaban J connectivity index is 2.81. The Hall–Kier alpha value is -1.03. The van der Waals surface area contributed by atoms with Crippen LogP contribution in [0.25, 0.3) is 0 Å². The van der Waals surface area contributed by atoms with E-state index < -0.39 is 0 Å². The van der Waals surface area contributed by atoms with Gasteiger partial charge in [-0.05, 0) is 74.2 Å². The summed E-state index contributed by atoms with van der Waals surface area (Å²) < 4.78 is 0.990. The van der Waals surface area contributed by atoms with Crippen LogP contribution in [0.5, 0.6) is 0 Å². The van der Waals surface area contributed by atoms with E-state index in [1.165, 1.54) is 5.56 Å². The Morgan fingerprint density at radius 3 is 2.45 bits per heavy atom. The van der Waals surface area contributed by atoms with Gasteiger partial charge < -0.3 is 10.6 Å². The van der Waals surface area contributed by atoms with Crippen LogP contribution in [0.3, 0.4) is 0 Å². The number of halogens is 1. The molecule has 0 fully saturated rings. The van der Waals surface area contributed by atoms with Crippen LogP contribution in [0.15, 0.2) is 16.6 Å². The van der Waals surface area contributed by atoms with Crippen LogP contribution in [0.2, 0.25) is 0 Å². The minimum absolute atomic E-state index is 0.0173. The standard InChI is InChI=1S/C16H25BrN2O/c1-7-16(5,6)19-15(20)12(4)18-14-11(3)8-10(2)9-13(14)17/h8-9,12,18H,7H2,1-6H3,(H,19,20). The maximum Gasteiger partial charge on any atom is 0.242 e. The van der Waals surface area contributed by atoms with Crippen LogP contribution in [0.4, 0.5) is 5.69 Å². The van der Waals surface area contributed by atoms with Crippen molar-refractivity contribution in [2.24, 2.45) is 0 Å². The topological polar surface area (TPSA) is 41.1 Å². The second-order valence-corrected chi connectivity index (χ2v) is 6.89. The van der Waals surface area contributed by atoms with Crippen molar-refractivity contribution in [3.8, 4) is 0 Å². The molecule has 20 heavy (non-hydrogen) atoms. The summed E-state index contributed by atoms with van der Waals surface area (Å²) in [6.45, 7) is 12.1. The molecule has 0 aromatic heterocycles. The highest BCUT2D eigenvalue weighted by Gasteiger charge is 2.22. The average Bonchev–Trinajstić information content (AvgIpc) is 2.32. The molecule has 0 heterocycles. The largest absolute Gasteiger partial charge is 0.373 e. The summed E-state index contributed by atoms with van der Waals surface area (Å²) in [6, 6.07) is 3.88. The molecule has 4 heteroatoms. The lowest BCUT2D eigenvalue weighted by atomic mass is 10.0. The van der Waals surface area contributed by atoms with Gasteiger partial charge in [0.05, 0.1) is 5.69 Å². The summed E-state index contributed by atoms with van der Waals surface area (Å²) in [6.07, 6.45) is 0.902. The van der Waals surface area contributed by atoms with E-state index >= 15 is 0 Å². The number of nitrogens with one attached hydrogen (secondary N) is 2. The number of carbonyl (C=O) groups excluding carboxylic acids is 1. The summed E-state index contributed by atoms with van der Waals surface area (Å²) in [4.78, 5) is 12.2. The van der Waals surface area contributed by atoms with Crippen LogP contribution in [0.1, 0.15) is 45.2 Å². The third-order valence-electron chi connectivity index (χ3n) is 3.53. The minimum atomic E-state index is -0.279. The van der Waals surface area contributed by atoms with Crippen LogP contribution in [-0.4, -0.2) is 17.5 Å². The second kappa shape index (κ2) is 6.61. The Kier molecular flexibility index (Phi) is 5.63. The van der Waals surface area contributed by atoms with E-state index in [1.807, 2.05) is 27.7 Å². The zero-order valence-corrected chi connectivity index (χ0v) is 14.8. The highest BCUT2D eigenvalue weighted by atomic mass is 79.9. The highest BCUT2D eigenvalue weighted by molar-refractivity contribution is 9.10. The second-order valence-electron chi connectivity index (χ2n) is 6.03. The molecule has 1 aromatic carbocycles. The molecule has 0 saturated carbocycles.